The largest absolute Gasteiger partial charge is 0.465 e. The quantitative estimate of drug-likeness (QED) is 0.785. The summed E-state index contributed by atoms with van der Waals surface area (Å²) in [5.41, 5.74) is 2.11. The number of carbonyl (C=O) groups is 2. The van der Waals surface area contributed by atoms with Gasteiger partial charge in [0.2, 0.25) is 0 Å². The Morgan fingerprint density at radius 2 is 1.88 bits per heavy atom. The molecule has 0 spiro atoms. The molecule has 1 aromatic rings. The fourth-order valence-corrected chi connectivity index (χ4v) is 1.72. The van der Waals surface area contributed by atoms with Gasteiger partial charge in [-0.3, -0.25) is 4.79 Å². The molecule has 0 aromatic carbocycles. The Balaban J connectivity index is 3.12. The molecule has 0 atom stereocenters. The zero-order valence-electron chi connectivity index (χ0n) is 10.8. The first-order valence-electron chi connectivity index (χ1n) is 5.46. The van der Waals surface area contributed by atoms with Crippen molar-refractivity contribution in [2.75, 3.05) is 7.11 Å². The SMILES string of the molecule is COC(=O)c1c(C)[nH]c(C(=O)NC(C)C)c1C. The Bertz CT molecular complexity index is 447. The van der Waals surface area contributed by atoms with Crippen molar-refractivity contribution < 1.29 is 14.3 Å². The van der Waals surface area contributed by atoms with Gasteiger partial charge in [0.15, 0.2) is 0 Å². The van der Waals surface area contributed by atoms with Crippen molar-refractivity contribution in [3.63, 3.8) is 0 Å². The van der Waals surface area contributed by atoms with E-state index in [9.17, 15) is 9.59 Å². The van der Waals surface area contributed by atoms with Crippen LogP contribution in [0.4, 0.5) is 0 Å². The lowest BCUT2D eigenvalue weighted by molar-refractivity contribution is 0.0599. The zero-order valence-corrected chi connectivity index (χ0v) is 10.8. The highest BCUT2D eigenvalue weighted by atomic mass is 16.5. The number of H-pyrrole nitrogens is 1. The number of amides is 1. The van der Waals surface area contributed by atoms with Crippen molar-refractivity contribution in [3.05, 3.63) is 22.5 Å². The van der Waals surface area contributed by atoms with Crippen molar-refractivity contribution in [2.24, 2.45) is 0 Å². The number of rotatable bonds is 3. The summed E-state index contributed by atoms with van der Waals surface area (Å²) in [6, 6.07) is 0.0482. The van der Waals surface area contributed by atoms with Crippen LogP contribution in [-0.2, 0) is 4.74 Å². The van der Waals surface area contributed by atoms with Crippen molar-refractivity contribution in [3.8, 4) is 0 Å². The fraction of sp³-hybridized carbons (Fsp3) is 0.500. The van der Waals surface area contributed by atoms with Crippen LogP contribution >= 0.6 is 0 Å². The first-order chi connectivity index (χ1) is 7.88. The molecule has 0 unspecified atom stereocenters. The Labute approximate surface area is 101 Å². The molecule has 1 amide bonds. The average Bonchev–Trinajstić information content (AvgIpc) is 2.52. The van der Waals surface area contributed by atoms with E-state index in [0.29, 0.717) is 22.5 Å². The third-order valence-electron chi connectivity index (χ3n) is 2.47. The van der Waals surface area contributed by atoms with Crippen LogP contribution in [0.2, 0.25) is 0 Å². The predicted molar refractivity (Wildman–Crippen MR) is 64.2 cm³/mol. The maximum absolute atomic E-state index is 11.9. The van der Waals surface area contributed by atoms with Gasteiger partial charge in [-0.2, -0.15) is 0 Å². The summed E-state index contributed by atoms with van der Waals surface area (Å²) in [6.07, 6.45) is 0. The molecule has 1 rings (SSSR count). The highest BCUT2D eigenvalue weighted by Crippen LogP contribution is 2.18. The molecule has 0 bridgehead atoms. The van der Waals surface area contributed by atoms with Crippen molar-refractivity contribution >= 4 is 11.9 Å². The number of hydrogen-bond acceptors (Lipinski definition) is 3. The van der Waals surface area contributed by atoms with Gasteiger partial charge in [0.25, 0.3) is 5.91 Å². The Morgan fingerprint density at radius 3 is 2.35 bits per heavy atom. The minimum absolute atomic E-state index is 0.0482. The van der Waals surface area contributed by atoms with Crippen LogP contribution in [0.5, 0.6) is 0 Å². The van der Waals surface area contributed by atoms with E-state index in [1.54, 1.807) is 13.8 Å². The third kappa shape index (κ3) is 2.67. The van der Waals surface area contributed by atoms with Gasteiger partial charge in [0.1, 0.15) is 5.69 Å². The molecule has 0 saturated heterocycles. The minimum Gasteiger partial charge on any atom is -0.465 e. The lowest BCUT2D eigenvalue weighted by Gasteiger charge is -2.07. The second-order valence-corrected chi connectivity index (χ2v) is 4.24. The van der Waals surface area contributed by atoms with E-state index in [1.165, 1.54) is 7.11 Å². The molecule has 0 fully saturated rings. The Kier molecular flexibility index (Phi) is 3.93. The van der Waals surface area contributed by atoms with E-state index >= 15 is 0 Å². The molecule has 2 N–H and O–H groups in total. The van der Waals surface area contributed by atoms with E-state index in [0.717, 1.165) is 0 Å². The van der Waals surface area contributed by atoms with Crippen LogP contribution in [0.15, 0.2) is 0 Å². The van der Waals surface area contributed by atoms with Gasteiger partial charge >= 0.3 is 5.97 Å². The number of aryl methyl sites for hydroxylation is 1. The molecule has 5 heteroatoms. The predicted octanol–water partition coefficient (Wildman–Crippen LogP) is 1.56. The summed E-state index contributed by atoms with van der Waals surface area (Å²) < 4.78 is 4.68. The molecule has 1 heterocycles. The number of aromatic nitrogens is 1. The Hall–Kier alpha value is -1.78. The summed E-state index contributed by atoms with van der Waals surface area (Å²) in [7, 11) is 1.32. The van der Waals surface area contributed by atoms with E-state index < -0.39 is 5.97 Å². The maximum atomic E-state index is 11.9. The molecule has 94 valence electrons. The number of aromatic amines is 1. The molecule has 17 heavy (non-hydrogen) atoms. The molecule has 0 saturated carbocycles. The van der Waals surface area contributed by atoms with Gasteiger partial charge in [0.05, 0.1) is 12.7 Å². The summed E-state index contributed by atoms with van der Waals surface area (Å²) in [5, 5.41) is 2.78. The van der Waals surface area contributed by atoms with Crippen molar-refractivity contribution in [1.82, 2.24) is 10.3 Å². The summed E-state index contributed by atoms with van der Waals surface area (Å²) in [6.45, 7) is 7.23. The molecule has 0 radical (unpaired) electrons. The number of esters is 1. The van der Waals surface area contributed by atoms with Crippen LogP contribution in [0.3, 0.4) is 0 Å². The number of hydrogen-bond donors (Lipinski definition) is 2. The first kappa shape index (κ1) is 13.3. The smallest absolute Gasteiger partial charge is 0.339 e. The number of ether oxygens (including phenoxy) is 1. The number of carbonyl (C=O) groups excluding carboxylic acids is 2. The fourth-order valence-electron chi connectivity index (χ4n) is 1.72. The van der Waals surface area contributed by atoms with Crippen molar-refractivity contribution in [2.45, 2.75) is 33.7 Å². The van der Waals surface area contributed by atoms with Crippen LogP contribution < -0.4 is 5.32 Å². The first-order valence-corrected chi connectivity index (χ1v) is 5.46. The summed E-state index contributed by atoms with van der Waals surface area (Å²) in [5.74, 6) is -0.643. The molecule has 0 aliphatic heterocycles. The number of nitrogens with one attached hydrogen (secondary N) is 2. The lowest BCUT2D eigenvalue weighted by atomic mass is 10.1. The van der Waals surface area contributed by atoms with Gasteiger partial charge in [-0.05, 0) is 33.3 Å². The second kappa shape index (κ2) is 5.03. The van der Waals surface area contributed by atoms with Gasteiger partial charge in [-0.25, -0.2) is 4.79 Å². The van der Waals surface area contributed by atoms with Crippen molar-refractivity contribution in [1.29, 1.82) is 0 Å². The molecule has 0 aliphatic carbocycles. The summed E-state index contributed by atoms with van der Waals surface area (Å²) >= 11 is 0. The van der Waals surface area contributed by atoms with Crippen LogP contribution in [0, 0.1) is 13.8 Å². The van der Waals surface area contributed by atoms with Crippen LogP contribution in [0.25, 0.3) is 0 Å². The average molecular weight is 238 g/mol. The second-order valence-electron chi connectivity index (χ2n) is 4.24. The normalized spacial score (nSPS) is 10.5. The van der Waals surface area contributed by atoms with Gasteiger partial charge in [0, 0.05) is 11.7 Å². The maximum Gasteiger partial charge on any atom is 0.339 e. The van der Waals surface area contributed by atoms with Gasteiger partial charge in [-0.15, -0.1) is 0 Å². The third-order valence-corrected chi connectivity index (χ3v) is 2.47. The Morgan fingerprint density at radius 1 is 1.29 bits per heavy atom. The molecular formula is C12H18N2O3. The lowest BCUT2D eigenvalue weighted by Crippen LogP contribution is -2.30. The molecular weight excluding hydrogens is 220 g/mol. The number of methoxy groups -OCH3 is 1. The van der Waals surface area contributed by atoms with Crippen LogP contribution in [-0.4, -0.2) is 30.0 Å². The van der Waals surface area contributed by atoms with Crippen LogP contribution in [0.1, 0.15) is 46.0 Å². The summed E-state index contributed by atoms with van der Waals surface area (Å²) in [4.78, 5) is 26.3. The highest BCUT2D eigenvalue weighted by Gasteiger charge is 2.22. The molecule has 0 aliphatic rings. The van der Waals surface area contributed by atoms with Gasteiger partial charge < -0.3 is 15.0 Å². The zero-order chi connectivity index (χ0) is 13.2. The molecule has 5 nitrogen and oxygen atoms in total. The van der Waals surface area contributed by atoms with E-state index in [1.807, 2.05) is 13.8 Å². The van der Waals surface area contributed by atoms with E-state index in [-0.39, 0.29) is 11.9 Å². The highest BCUT2D eigenvalue weighted by molar-refractivity contribution is 6.00. The van der Waals surface area contributed by atoms with Gasteiger partial charge in [-0.1, -0.05) is 0 Å². The van der Waals surface area contributed by atoms with E-state index in [4.69, 9.17) is 0 Å². The molecule has 1 aromatic heterocycles. The standard InChI is InChI=1S/C12H18N2O3/c1-6(2)13-11(15)10-7(3)9(8(4)14-10)12(16)17-5/h6,14H,1-5H3,(H,13,15). The topological polar surface area (TPSA) is 71.2 Å². The van der Waals surface area contributed by atoms with E-state index in [2.05, 4.69) is 15.0 Å². The minimum atomic E-state index is -0.431. The monoisotopic (exact) mass is 238 g/mol.